The lowest BCUT2D eigenvalue weighted by Crippen LogP contribution is -2.50. The molecular weight excluding hydrogens is 562 g/mol. The molecule has 0 bridgehead atoms. The summed E-state index contributed by atoms with van der Waals surface area (Å²) < 4.78 is 23.1. The average molecular weight is 604 g/mol. The summed E-state index contributed by atoms with van der Waals surface area (Å²) in [5.74, 6) is 0.371. The van der Waals surface area contributed by atoms with Crippen molar-refractivity contribution in [3.05, 3.63) is 40.4 Å². The number of aryl methyl sites for hydroxylation is 1. The van der Waals surface area contributed by atoms with Gasteiger partial charge in [0, 0.05) is 49.7 Å². The maximum Gasteiger partial charge on any atom is 0.412 e. The molecule has 11 nitrogen and oxygen atoms in total. The minimum absolute atomic E-state index is 0.0254. The number of nitrogens with one attached hydrogen (secondary N) is 1. The van der Waals surface area contributed by atoms with Crippen LogP contribution in [0.2, 0.25) is 5.15 Å². The van der Waals surface area contributed by atoms with E-state index in [9.17, 15) is 9.59 Å². The van der Waals surface area contributed by atoms with Gasteiger partial charge < -0.3 is 28.7 Å². The summed E-state index contributed by atoms with van der Waals surface area (Å²) >= 11 is 6.62. The van der Waals surface area contributed by atoms with Crippen molar-refractivity contribution in [2.75, 3.05) is 49.6 Å². The molecule has 2 aliphatic rings. The van der Waals surface area contributed by atoms with E-state index in [-0.39, 0.29) is 12.0 Å². The van der Waals surface area contributed by atoms with E-state index < -0.39 is 23.4 Å². The third-order valence-electron chi connectivity index (χ3n) is 6.72. The van der Waals surface area contributed by atoms with E-state index in [1.807, 2.05) is 40.7 Å². The molecule has 2 saturated heterocycles. The molecule has 12 heteroatoms. The fourth-order valence-corrected chi connectivity index (χ4v) is 5.13. The first-order chi connectivity index (χ1) is 19.6. The van der Waals surface area contributed by atoms with Crippen molar-refractivity contribution in [3.63, 3.8) is 0 Å². The number of hydrogen-bond acceptors (Lipinski definition) is 9. The first-order valence-electron chi connectivity index (χ1n) is 14.2. The smallest absolute Gasteiger partial charge is 0.412 e. The van der Waals surface area contributed by atoms with Crippen LogP contribution >= 0.6 is 11.6 Å². The summed E-state index contributed by atoms with van der Waals surface area (Å²) in [7, 11) is 0. The number of pyridine rings is 2. The molecule has 0 saturated carbocycles. The third-order valence-corrected chi connectivity index (χ3v) is 7.02. The topological polar surface area (TPSA) is 115 Å². The van der Waals surface area contributed by atoms with Crippen LogP contribution in [0.1, 0.15) is 77.4 Å². The molecule has 0 aliphatic carbocycles. The van der Waals surface area contributed by atoms with Crippen LogP contribution < -0.4 is 15.0 Å². The van der Waals surface area contributed by atoms with Crippen LogP contribution in [0.3, 0.4) is 0 Å². The number of ether oxygens (including phenoxy) is 4. The Morgan fingerprint density at radius 3 is 2.36 bits per heavy atom. The minimum atomic E-state index is -0.693. The lowest BCUT2D eigenvalue weighted by atomic mass is 9.95. The molecule has 2 aromatic heterocycles. The summed E-state index contributed by atoms with van der Waals surface area (Å²) in [6.45, 7) is 18.2. The highest BCUT2D eigenvalue weighted by atomic mass is 35.5. The standard InChI is InChI=1S/C30H42ClN5O6/c1-18-25(40-19(2)24-23(9-10-32-26(24)31)35-11-13-39-14-12-35)22(34-27(37)41-29(3,4)5)15-21(33-18)20-16-36(17-20)28(38)42-30(6,7)8/h9-10,15,19-20H,11-14,16-17H2,1-8H3,(H,33,34,37). The maximum absolute atomic E-state index is 12.9. The third kappa shape index (κ3) is 7.95. The van der Waals surface area contributed by atoms with Crippen LogP contribution in [0.25, 0.3) is 0 Å². The number of carbonyl (C=O) groups excluding carboxylic acids is 2. The Labute approximate surface area is 252 Å². The molecule has 1 unspecified atom stereocenters. The van der Waals surface area contributed by atoms with E-state index in [2.05, 4.69) is 15.2 Å². The predicted molar refractivity (Wildman–Crippen MR) is 161 cm³/mol. The molecule has 2 aliphatic heterocycles. The maximum atomic E-state index is 12.9. The summed E-state index contributed by atoms with van der Waals surface area (Å²) in [6.07, 6.45) is 0.176. The molecule has 0 spiro atoms. The largest absolute Gasteiger partial charge is 0.482 e. The van der Waals surface area contributed by atoms with E-state index >= 15 is 0 Å². The van der Waals surface area contributed by atoms with Crippen LogP contribution in [-0.4, -0.2) is 77.6 Å². The number of carbonyl (C=O) groups is 2. The lowest BCUT2D eigenvalue weighted by Gasteiger charge is -2.39. The van der Waals surface area contributed by atoms with Gasteiger partial charge in [0.1, 0.15) is 22.5 Å². The van der Waals surface area contributed by atoms with Gasteiger partial charge in [0.25, 0.3) is 0 Å². The highest BCUT2D eigenvalue weighted by molar-refractivity contribution is 6.30. The van der Waals surface area contributed by atoms with E-state index in [1.54, 1.807) is 37.9 Å². The highest BCUT2D eigenvalue weighted by Gasteiger charge is 2.36. The first-order valence-corrected chi connectivity index (χ1v) is 14.6. The molecule has 42 heavy (non-hydrogen) atoms. The van der Waals surface area contributed by atoms with Gasteiger partial charge in [-0.25, -0.2) is 14.6 Å². The van der Waals surface area contributed by atoms with E-state index in [0.717, 1.165) is 30.0 Å². The molecule has 4 heterocycles. The quantitative estimate of drug-likeness (QED) is 0.391. The minimum Gasteiger partial charge on any atom is -0.482 e. The van der Waals surface area contributed by atoms with Gasteiger partial charge in [0.15, 0.2) is 5.75 Å². The van der Waals surface area contributed by atoms with E-state index in [4.69, 9.17) is 35.5 Å². The number of aromatic nitrogens is 2. The lowest BCUT2D eigenvalue weighted by molar-refractivity contribution is 0.00785. The van der Waals surface area contributed by atoms with Gasteiger partial charge in [-0.05, 0) is 67.5 Å². The van der Waals surface area contributed by atoms with Crippen molar-refractivity contribution in [1.29, 1.82) is 0 Å². The molecule has 0 radical (unpaired) electrons. The molecule has 1 N–H and O–H groups in total. The van der Waals surface area contributed by atoms with Gasteiger partial charge in [-0.1, -0.05) is 11.6 Å². The van der Waals surface area contributed by atoms with Crippen molar-refractivity contribution in [1.82, 2.24) is 14.9 Å². The van der Waals surface area contributed by atoms with Gasteiger partial charge in [0.05, 0.1) is 30.2 Å². The molecule has 0 aromatic carbocycles. The number of nitrogens with zero attached hydrogens (tertiary/aromatic N) is 4. The Morgan fingerprint density at radius 2 is 1.74 bits per heavy atom. The SMILES string of the molecule is Cc1nc(C2CN(C(=O)OC(C)(C)C)C2)cc(NC(=O)OC(C)(C)C)c1OC(C)c1c(N2CCOCC2)ccnc1Cl. The van der Waals surface area contributed by atoms with Crippen molar-refractivity contribution in [3.8, 4) is 5.75 Å². The molecule has 2 fully saturated rings. The van der Waals surface area contributed by atoms with Crippen molar-refractivity contribution >= 4 is 35.2 Å². The second-order valence-corrected chi connectivity index (χ2v) is 13.0. The second kappa shape index (κ2) is 12.5. The van der Waals surface area contributed by atoms with Crippen LogP contribution in [0.15, 0.2) is 18.3 Å². The van der Waals surface area contributed by atoms with Crippen LogP contribution in [0.4, 0.5) is 21.0 Å². The predicted octanol–water partition coefficient (Wildman–Crippen LogP) is 6.10. The number of halogens is 1. The van der Waals surface area contributed by atoms with Gasteiger partial charge in [0.2, 0.25) is 0 Å². The number of anilines is 2. The van der Waals surface area contributed by atoms with Crippen molar-refractivity contribution < 1.29 is 28.5 Å². The Morgan fingerprint density at radius 1 is 1.10 bits per heavy atom. The molecule has 1 atom stereocenters. The number of rotatable bonds is 6. The average Bonchev–Trinajstić information content (AvgIpc) is 2.83. The second-order valence-electron chi connectivity index (χ2n) is 12.6. The summed E-state index contributed by atoms with van der Waals surface area (Å²) in [5.41, 5.74) is 2.12. The molecule has 2 amide bonds. The van der Waals surface area contributed by atoms with Crippen LogP contribution in [0, 0.1) is 6.92 Å². The highest BCUT2D eigenvalue weighted by Crippen LogP contribution is 2.40. The zero-order valence-electron chi connectivity index (χ0n) is 25.7. The molecule has 230 valence electrons. The monoisotopic (exact) mass is 603 g/mol. The fourth-order valence-electron chi connectivity index (χ4n) is 4.82. The fraction of sp³-hybridized carbons (Fsp3) is 0.600. The van der Waals surface area contributed by atoms with E-state index in [0.29, 0.717) is 48.6 Å². The van der Waals surface area contributed by atoms with Crippen molar-refractivity contribution in [2.45, 2.75) is 78.6 Å². The first kappa shape index (κ1) is 31.6. The van der Waals surface area contributed by atoms with Gasteiger partial charge in [-0.3, -0.25) is 10.3 Å². The Bertz CT molecular complexity index is 1300. The number of likely N-dealkylation sites (tertiary alicyclic amines) is 1. The Hall–Kier alpha value is -3.31. The molecule has 2 aromatic rings. The van der Waals surface area contributed by atoms with Gasteiger partial charge in [-0.15, -0.1) is 0 Å². The number of amides is 2. The normalized spacial score (nSPS) is 16.9. The van der Waals surface area contributed by atoms with Crippen LogP contribution in [0.5, 0.6) is 5.75 Å². The molecule has 4 rings (SSSR count). The zero-order chi connectivity index (χ0) is 30.8. The van der Waals surface area contributed by atoms with Crippen molar-refractivity contribution in [2.24, 2.45) is 0 Å². The summed E-state index contributed by atoms with van der Waals surface area (Å²) in [6, 6.07) is 3.71. The number of hydrogen-bond donors (Lipinski definition) is 1. The van der Waals surface area contributed by atoms with Gasteiger partial charge in [-0.2, -0.15) is 0 Å². The van der Waals surface area contributed by atoms with E-state index in [1.165, 1.54) is 0 Å². The Balaban J connectivity index is 1.61. The summed E-state index contributed by atoms with van der Waals surface area (Å²) in [4.78, 5) is 38.3. The zero-order valence-corrected chi connectivity index (χ0v) is 26.5. The summed E-state index contributed by atoms with van der Waals surface area (Å²) in [5, 5.41) is 3.20. The number of morpholine rings is 1. The van der Waals surface area contributed by atoms with Crippen LogP contribution in [-0.2, 0) is 14.2 Å². The Kier molecular flexibility index (Phi) is 9.42. The van der Waals surface area contributed by atoms with Gasteiger partial charge >= 0.3 is 12.2 Å². The molecular formula is C30H42ClN5O6.